The zero-order chi connectivity index (χ0) is 19.1. The van der Waals surface area contributed by atoms with Crippen LogP contribution in [-0.4, -0.2) is 14.8 Å². The molecule has 0 unspecified atom stereocenters. The second kappa shape index (κ2) is 6.68. The van der Waals surface area contributed by atoms with Crippen LogP contribution in [0.4, 0.5) is 11.9 Å². The number of hydrogen-bond acceptors (Lipinski definition) is 4. The maximum Gasteiger partial charge on any atom is 0.241 e. The van der Waals surface area contributed by atoms with Crippen LogP contribution in [0.2, 0.25) is 0 Å². The van der Waals surface area contributed by atoms with Gasteiger partial charge >= 0.3 is 0 Å². The number of fused-ring (bicyclic) bond motifs is 2. The summed E-state index contributed by atoms with van der Waals surface area (Å²) in [5, 5.41) is 10.5. The lowest BCUT2D eigenvalue weighted by Gasteiger charge is -2.32. The minimum Gasteiger partial charge on any atom is -0.366 e. The summed E-state index contributed by atoms with van der Waals surface area (Å²) in [5.74, 6) is 1.03. The lowest BCUT2D eigenvalue weighted by molar-refractivity contribution is 0.434. The monoisotopic (exact) mass is 369 g/mol. The topological polar surface area (TPSA) is 68.8 Å². The Morgan fingerprint density at radius 2 is 1.82 bits per heavy atom. The molecule has 1 aliphatic heterocycles. The normalized spacial score (nSPS) is 18.6. The van der Waals surface area contributed by atoms with Crippen molar-refractivity contribution in [2.24, 2.45) is 0 Å². The smallest absolute Gasteiger partial charge is 0.241 e. The maximum absolute atomic E-state index is 5.95. The van der Waals surface area contributed by atoms with Crippen LogP contribution in [0.15, 0.2) is 66.7 Å². The molecule has 5 rings (SSSR count). The van der Waals surface area contributed by atoms with Gasteiger partial charge in [0.2, 0.25) is 11.9 Å². The summed E-state index contributed by atoms with van der Waals surface area (Å²) in [6, 6.07) is 24.0. The number of benzene rings is 3. The molecule has 0 saturated carbocycles. The molecule has 1 aliphatic rings. The van der Waals surface area contributed by atoms with E-state index >= 15 is 0 Å². The lowest BCUT2D eigenvalue weighted by atomic mass is 9.90. The summed E-state index contributed by atoms with van der Waals surface area (Å²) in [7, 11) is 0. The van der Waals surface area contributed by atoms with Crippen molar-refractivity contribution < 1.29 is 0 Å². The quantitative estimate of drug-likeness (QED) is 0.548. The number of rotatable bonds is 3. The highest BCUT2D eigenvalue weighted by atomic mass is 15.4. The van der Waals surface area contributed by atoms with Gasteiger partial charge in [-0.3, -0.25) is 0 Å². The van der Waals surface area contributed by atoms with E-state index in [9.17, 15) is 0 Å². The van der Waals surface area contributed by atoms with E-state index in [1.807, 2.05) is 4.68 Å². The Hall–Kier alpha value is -3.34. The summed E-state index contributed by atoms with van der Waals surface area (Å²) >= 11 is 0. The molecule has 0 saturated heterocycles. The van der Waals surface area contributed by atoms with Crippen LogP contribution in [0.1, 0.15) is 42.1 Å². The van der Waals surface area contributed by atoms with Crippen LogP contribution in [0.5, 0.6) is 0 Å². The van der Waals surface area contributed by atoms with Gasteiger partial charge in [0.1, 0.15) is 0 Å². The molecule has 4 aromatic rings. The maximum atomic E-state index is 5.95. The van der Waals surface area contributed by atoms with Crippen LogP contribution < -0.4 is 11.1 Å². The van der Waals surface area contributed by atoms with E-state index in [1.165, 1.54) is 27.5 Å². The van der Waals surface area contributed by atoms with E-state index in [1.54, 1.807) is 0 Å². The molecule has 0 spiro atoms. The molecule has 3 N–H and O–H groups in total. The van der Waals surface area contributed by atoms with Gasteiger partial charge in [-0.15, -0.1) is 5.10 Å². The second-order valence-corrected chi connectivity index (χ2v) is 7.35. The van der Waals surface area contributed by atoms with Crippen molar-refractivity contribution in [3.8, 4) is 0 Å². The number of hydrogen-bond donors (Lipinski definition) is 2. The highest BCUT2D eigenvalue weighted by molar-refractivity contribution is 5.86. The Balaban J connectivity index is 1.61. The van der Waals surface area contributed by atoms with Gasteiger partial charge in [0.15, 0.2) is 0 Å². The molecule has 2 atom stereocenters. The first-order valence-electron chi connectivity index (χ1n) is 9.78. The van der Waals surface area contributed by atoms with Gasteiger partial charge in [-0.25, -0.2) is 4.68 Å². The molecule has 0 amide bonds. The molecule has 0 fully saturated rings. The summed E-state index contributed by atoms with van der Waals surface area (Å²) < 4.78 is 1.94. The van der Waals surface area contributed by atoms with Crippen LogP contribution in [-0.2, 0) is 6.42 Å². The zero-order valence-electron chi connectivity index (χ0n) is 15.8. The molecular weight excluding hydrogens is 346 g/mol. The first kappa shape index (κ1) is 16.8. The standard InChI is InChI=1S/C23H23N5/c1-2-15-10-12-17(13-11-15)20-14-21(28-23(25-20)26-22(24)27-28)19-9-5-7-16-6-3-4-8-18(16)19/h3-13,20-21H,2,14H2,1H3,(H3,24,25,26,27)/t20-,21-/m1/s1. The van der Waals surface area contributed by atoms with E-state index in [4.69, 9.17) is 5.73 Å². The largest absolute Gasteiger partial charge is 0.366 e. The first-order valence-corrected chi connectivity index (χ1v) is 9.78. The molecule has 0 aliphatic carbocycles. The van der Waals surface area contributed by atoms with Crippen LogP contribution in [0, 0.1) is 0 Å². The number of nitrogen functional groups attached to an aromatic ring is 1. The van der Waals surface area contributed by atoms with Crippen molar-refractivity contribution in [2.75, 3.05) is 11.1 Å². The van der Waals surface area contributed by atoms with Gasteiger partial charge < -0.3 is 11.1 Å². The van der Waals surface area contributed by atoms with Crippen molar-refractivity contribution >= 4 is 22.7 Å². The Labute approximate surface area is 164 Å². The van der Waals surface area contributed by atoms with Gasteiger partial charge in [0.25, 0.3) is 0 Å². The fourth-order valence-electron chi connectivity index (χ4n) is 4.20. The summed E-state index contributed by atoms with van der Waals surface area (Å²) in [4.78, 5) is 4.44. The Bertz CT molecular complexity index is 1120. The van der Waals surface area contributed by atoms with Gasteiger partial charge in [-0.2, -0.15) is 4.98 Å². The molecule has 2 heterocycles. The SMILES string of the molecule is CCc1ccc([C@H]2C[C@H](c3cccc4ccccc34)n3nc(N)nc3N2)cc1. The fraction of sp³-hybridized carbons (Fsp3) is 0.217. The minimum absolute atomic E-state index is 0.0722. The number of nitrogens with one attached hydrogen (secondary N) is 1. The third-order valence-corrected chi connectivity index (χ3v) is 5.68. The number of aryl methyl sites for hydroxylation is 1. The number of nitrogens with zero attached hydrogens (tertiary/aromatic N) is 3. The van der Waals surface area contributed by atoms with Gasteiger partial charge in [-0.05, 0) is 40.3 Å². The average molecular weight is 369 g/mol. The fourth-order valence-corrected chi connectivity index (χ4v) is 4.20. The molecule has 0 bridgehead atoms. The van der Waals surface area contributed by atoms with Gasteiger partial charge in [0, 0.05) is 0 Å². The van der Waals surface area contributed by atoms with Crippen molar-refractivity contribution in [2.45, 2.75) is 31.8 Å². The van der Waals surface area contributed by atoms with Crippen molar-refractivity contribution in [1.29, 1.82) is 0 Å². The van der Waals surface area contributed by atoms with E-state index < -0.39 is 0 Å². The molecule has 28 heavy (non-hydrogen) atoms. The Morgan fingerprint density at radius 3 is 2.64 bits per heavy atom. The molecule has 5 heteroatoms. The van der Waals surface area contributed by atoms with E-state index in [0.717, 1.165) is 18.8 Å². The third-order valence-electron chi connectivity index (χ3n) is 5.68. The average Bonchev–Trinajstić information content (AvgIpc) is 3.13. The van der Waals surface area contributed by atoms with Crippen molar-refractivity contribution in [3.05, 3.63) is 83.4 Å². The number of aromatic nitrogens is 3. The molecule has 5 nitrogen and oxygen atoms in total. The second-order valence-electron chi connectivity index (χ2n) is 7.35. The van der Waals surface area contributed by atoms with Crippen LogP contribution in [0.25, 0.3) is 10.8 Å². The molecule has 0 radical (unpaired) electrons. The third kappa shape index (κ3) is 2.80. The predicted octanol–water partition coefficient (Wildman–Crippen LogP) is 4.72. The first-order chi connectivity index (χ1) is 13.7. The van der Waals surface area contributed by atoms with Crippen LogP contribution in [0.3, 0.4) is 0 Å². The highest BCUT2D eigenvalue weighted by Gasteiger charge is 2.31. The predicted molar refractivity (Wildman–Crippen MR) is 113 cm³/mol. The molecule has 1 aromatic heterocycles. The van der Waals surface area contributed by atoms with Gasteiger partial charge in [0.05, 0.1) is 12.1 Å². The molecule has 140 valence electrons. The molecule has 3 aromatic carbocycles. The van der Waals surface area contributed by atoms with Gasteiger partial charge in [-0.1, -0.05) is 73.7 Å². The van der Waals surface area contributed by atoms with E-state index in [2.05, 4.69) is 89.1 Å². The summed E-state index contributed by atoms with van der Waals surface area (Å²) in [6.07, 6.45) is 1.93. The number of anilines is 2. The number of nitrogens with two attached hydrogens (primary N) is 1. The molecular formula is C23H23N5. The Kier molecular flexibility index (Phi) is 4.01. The lowest BCUT2D eigenvalue weighted by Crippen LogP contribution is -2.28. The Morgan fingerprint density at radius 1 is 1.04 bits per heavy atom. The van der Waals surface area contributed by atoms with E-state index in [0.29, 0.717) is 5.95 Å². The minimum atomic E-state index is 0.0722. The highest BCUT2D eigenvalue weighted by Crippen LogP contribution is 2.40. The zero-order valence-corrected chi connectivity index (χ0v) is 15.8. The van der Waals surface area contributed by atoms with Crippen LogP contribution >= 0.6 is 0 Å². The van der Waals surface area contributed by atoms with Crippen molar-refractivity contribution in [1.82, 2.24) is 14.8 Å². The summed E-state index contributed by atoms with van der Waals surface area (Å²) in [5.41, 5.74) is 9.81. The van der Waals surface area contributed by atoms with E-state index in [-0.39, 0.29) is 12.1 Å². The van der Waals surface area contributed by atoms with Crippen molar-refractivity contribution in [3.63, 3.8) is 0 Å². The summed E-state index contributed by atoms with van der Waals surface area (Å²) in [6.45, 7) is 2.18.